The van der Waals surface area contributed by atoms with Gasteiger partial charge in [0.15, 0.2) is 12.3 Å². The van der Waals surface area contributed by atoms with Crippen molar-refractivity contribution in [2.45, 2.75) is 32.9 Å². The molecule has 2 heterocycles. The summed E-state index contributed by atoms with van der Waals surface area (Å²) < 4.78 is 23.9. The predicted octanol–water partition coefficient (Wildman–Crippen LogP) is 3.20. The highest BCUT2D eigenvalue weighted by Crippen LogP contribution is 2.20. The molecule has 6 nitrogen and oxygen atoms in total. The highest BCUT2D eigenvalue weighted by atomic mass is 19.1. The van der Waals surface area contributed by atoms with Gasteiger partial charge in [-0.3, -0.25) is 4.79 Å². The monoisotopic (exact) mass is 375 g/mol. The molecule has 0 aliphatic carbocycles. The Labute approximate surface area is 158 Å². The zero-order valence-electron chi connectivity index (χ0n) is 16.0. The quantitative estimate of drug-likeness (QED) is 0.744. The van der Waals surface area contributed by atoms with Crippen molar-refractivity contribution in [1.29, 1.82) is 0 Å². The van der Waals surface area contributed by atoms with Crippen molar-refractivity contribution < 1.29 is 18.3 Å². The average Bonchev–Trinajstić information content (AvgIpc) is 3.29. The first kappa shape index (κ1) is 19.4. The van der Waals surface area contributed by atoms with Crippen molar-refractivity contribution in [2.24, 2.45) is 5.92 Å². The lowest BCUT2D eigenvalue weighted by Gasteiger charge is -2.22. The lowest BCUT2D eigenvalue weighted by atomic mass is 10.1. The maximum Gasteiger partial charge on any atom is 0.275 e. The van der Waals surface area contributed by atoms with E-state index in [2.05, 4.69) is 23.7 Å². The molecule has 0 spiro atoms. The summed E-state index contributed by atoms with van der Waals surface area (Å²) in [5, 5.41) is 0. The number of aromatic nitrogens is 1. The van der Waals surface area contributed by atoms with Crippen molar-refractivity contribution in [2.75, 3.05) is 26.7 Å². The Morgan fingerprint density at radius 2 is 2.30 bits per heavy atom. The fourth-order valence-corrected chi connectivity index (χ4v) is 3.32. The van der Waals surface area contributed by atoms with E-state index < -0.39 is 0 Å². The van der Waals surface area contributed by atoms with Crippen molar-refractivity contribution >= 4 is 5.91 Å². The Bertz CT molecular complexity index is 777. The third-order valence-electron chi connectivity index (χ3n) is 4.86. The molecule has 0 bridgehead atoms. The van der Waals surface area contributed by atoms with E-state index in [1.54, 1.807) is 24.1 Å². The van der Waals surface area contributed by atoms with Gasteiger partial charge in [-0.25, -0.2) is 9.37 Å². The first-order valence-corrected chi connectivity index (χ1v) is 9.24. The summed E-state index contributed by atoms with van der Waals surface area (Å²) in [5.74, 6) is 0.597. The van der Waals surface area contributed by atoms with E-state index in [1.807, 2.05) is 0 Å². The molecule has 1 atom stereocenters. The molecule has 1 fully saturated rings. The first-order chi connectivity index (χ1) is 12.9. The molecule has 0 N–H and O–H groups in total. The van der Waals surface area contributed by atoms with Gasteiger partial charge in [-0.05, 0) is 44.9 Å². The van der Waals surface area contributed by atoms with Gasteiger partial charge in [0.05, 0.1) is 0 Å². The number of hydrogen-bond donors (Lipinski definition) is 0. The van der Waals surface area contributed by atoms with Crippen molar-refractivity contribution in [3.63, 3.8) is 0 Å². The van der Waals surface area contributed by atoms with Gasteiger partial charge in [-0.15, -0.1) is 0 Å². The second-order valence-corrected chi connectivity index (χ2v) is 7.30. The SMILES string of the molecule is CC(C)N1CC[C@H](CN(C)C(=O)c2coc(COc3cccc(F)c3)n2)C1. The van der Waals surface area contributed by atoms with E-state index in [0.717, 1.165) is 19.5 Å². The molecule has 0 unspecified atom stereocenters. The van der Waals surface area contributed by atoms with Gasteiger partial charge in [-0.1, -0.05) is 6.07 Å². The van der Waals surface area contributed by atoms with Crippen LogP contribution in [0.15, 0.2) is 34.9 Å². The summed E-state index contributed by atoms with van der Waals surface area (Å²) in [6, 6.07) is 6.37. The number of amides is 1. The molecule has 1 amide bonds. The number of nitrogens with zero attached hydrogens (tertiary/aromatic N) is 3. The van der Waals surface area contributed by atoms with Crippen LogP contribution < -0.4 is 4.74 Å². The van der Waals surface area contributed by atoms with Gasteiger partial charge in [0.25, 0.3) is 5.91 Å². The molecule has 0 radical (unpaired) electrons. The maximum atomic E-state index is 13.2. The largest absolute Gasteiger partial charge is 0.484 e. The molecule has 1 aliphatic heterocycles. The average molecular weight is 375 g/mol. The van der Waals surface area contributed by atoms with Crippen LogP contribution in [0, 0.1) is 11.7 Å². The Kier molecular flexibility index (Phi) is 6.11. The van der Waals surface area contributed by atoms with Gasteiger partial charge in [0.1, 0.15) is 17.8 Å². The second-order valence-electron chi connectivity index (χ2n) is 7.30. The second kappa shape index (κ2) is 8.52. The maximum absolute atomic E-state index is 13.2. The van der Waals surface area contributed by atoms with E-state index in [4.69, 9.17) is 9.15 Å². The van der Waals surface area contributed by atoms with Crippen LogP contribution in [0.2, 0.25) is 0 Å². The molecule has 0 saturated carbocycles. The number of carbonyl (C=O) groups excluding carboxylic acids is 1. The minimum Gasteiger partial charge on any atom is -0.484 e. The highest BCUT2D eigenvalue weighted by molar-refractivity contribution is 5.91. The third-order valence-corrected chi connectivity index (χ3v) is 4.86. The van der Waals surface area contributed by atoms with Crippen LogP contribution in [0.4, 0.5) is 4.39 Å². The topological polar surface area (TPSA) is 58.8 Å². The standard InChI is InChI=1S/C20H26FN3O3/c1-14(2)24-8-7-15(11-24)10-23(3)20(25)18-12-27-19(22-18)13-26-17-6-4-5-16(21)9-17/h4-6,9,12,14-15H,7-8,10-11,13H2,1-3H3/t15-/m1/s1. The third kappa shape index (κ3) is 5.07. The van der Waals surface area contributed by atoms with Crippen LogP contribution in [-0.4, -0.2) is 53.4 Å². The fraction of sp³-hybridized carbons (Fsp3) is 0.500. The molecule has 7 heteroatoms. The van der Waals surface area contributed by atoms with Crippen molar-refractivity contribution in [1.82, 2.24) is 14.8 Å². The van der Waals surface area contributed by atoms with Crippen LogP contribution in [0.25, 0.3) is 0 Å². The summed E-state index contributed by atoms with van der Waals surface area (Å²) in [4.78, 5) is 20.9. The predicted molar refractivity (Wildman–Crippen MR) is 99.0 cm³/mol. The minimum atomic E-state index is -0.375. The van der Waals surface area contributed by atoms with E-state index in [0.29, 0.717) is 24.3 Å². The summed E-state index contributed by atoms with van der Waals surface area (Å²) >= 11 is 0. The zero-order chi connectivity index (χ0) is 19.4. The molecule has 2 aromatic rings. The Morgan fingerprint density at radius 1 is 1.48 bits per heavy atom. The molecule has 27 heavy (non-hydrogen) atoms. The van der Waals surface area contributed by atoms with Crippen LogP contribution in [0.3, 0.4) is 0 Å². The molecule has 1 aromatic carbocycles. The molecule has 1 saturated heterocycles. The number of halogens is 1. The number of benzene rings is 1. The van der Waals surface area contributed by atoms with Crippen molar-refractivity contribution in [3.8, 4) is 5.75 Å². The molecular formula is C20H26FN3O3. The molecule has 146 valence electrons. The number of ether oxygens (including phenoxy) is 1. The van der Waals surface area contributed by atoms with Crippen LogP contribution in [-0.2, 0) is 6.61 Å². The Morgan fingerprint density at radius 3 is 3.00 bits per heavy atom. The van der Waals surface area contributed by atoms with E-state index in [9.17, 15) is 9.18 Å². The van der Waals surface area contributed by atoms with Crippen LogP contribution >= 0.6 is 0 Å². The molecule has 1 aromatic heterocycles. The normalized spacial score (nSPS) is 17.4. The number of likely N-dealkylation sites (tertiary alicyclic amines) is 1. The molecule has 3 rings (SSSR count). The fourth-order valence-electron chi connectivity index (χ4n) is 3.32. The van der Waals surface area contributed by atoms with Gasteiger partial charge in [0.2, 0.25) is 5.89 Å². The van der Waals surface area contributed by atoms with Gasteiger partial charge >= 0.3 is 0 Å². The molecular weight excluding hydrogens is 349 g/mol. The summed E-state index contributed by atoms with van der Waals surface area (Å²) in [6.45, 7) is 7.22. The van der Waals surface area contributed by atoms with Crippen molar-refractivity contribution in [3.05, 3.63) is 47.9 Å². The number of rotatable bonds is 7. The van der Waals surface area contributed by atoms with E-state index in [1.165, 1.54) is 18.4 Å². The Hall–Kier alpha value is -2.41. The zero-order valence-corrected chi connectivity index (χ0v) is 16.0. The van der Waals surface area contributed by atoms with Gasteiger partial charge in [-0.2, -0.15) is 0 Å². The summed E-state index contributed by atoms with van der Waals surface area (Å²) in [5.41, 5.74) is 0.258. The summed E-state index contributed by atoms with van der Waals surface area (Å²) in [6.07, 6.45) is 2.44. The van der Waals surface area contributed by atoms with Gasteiger partial charge < -0.3 is 19.0 Å². The van der Waals surface area contributed by atoms with E-state index >= 15 is 0 Å². The highest BCUT2D eigenvalue weighted by Gasteiger charge is 2.27. The smallest absolute Gasteiger partial charge is 0.275 e. The minimum absolute atomic E-state index is 0.0341. The van der Waals surface area contributed by atoms with Crippen LogP contribution in [0.1, 0.15) is 36.6 Å². The molecule has 1 aliphatic rings. The van der Waals surface area contributed by atoms with Gasteiger partial charge in [0, 0.05) is 32.2 Å². The number of oxazole rings is 1. The van der Waals surface area contributed by atoms with E-state index in [-0.39, 0.29) is 29.9 Å². The number of hydrogen-bond acceptors (Lipinski definition) is 5. The lowest BCUT2D eigenvalue weighted by molar-refractivity contribution is 0.0766. The first-order valence-electron chi connectivity index (χ1n) is 9.24. The summed E-state index contributed by atoms with van der Waals surface area (Å²) in [7, 11) is 1.79. The van der Waals surface area contributed by atoms with Crippen LogP contribution in [0.5, 0.6) is 5.75 Å². The Balaban J connectivity index is 1.51. The number of carbonyl (C=O) groups is 1. The lowest BCUT2D eigenvalue weighted by Crippen LogP contribution is -2.34.